The van der Waals surface area contributed by atoms with Gasteiger partial charge in [-0.2, -0.15) is 0 Å². The van der Waals surface area contributed by atoms with E-state index >= 15 is 0 Å². The number of primary amides is 1. The molecule has 3 N–H and O–H groups in total. The van der Waals surface area contributed by atoms with Gasteiger partial charge in [0.05, 0.1) is 0 Å². The van der Waals surface area contributed by atoms with Gasteiger partial charge < -0.3 is 15.6 Å². The first-order chi connectivity index (χ1) is 8.72. The number of hydrogen-bond donors (Lipinski definition) is 2. The van der Waals surface area contributed by atoms with Crippen molar-refractivity contribution in [2.45, 2.75) is 32.0 Å². The van der Waals surface area contributed by atoms with Crippen molar-refractivity contribution in [2.75, 3.05) is 0 Å². The average molecular weight is 243 g/mol. The van der Waals surface area contributed by atoms with Crippen molar-refractivity contribution in [3.05, 3.63) is 36.0 Å². The number of benzene rings is 1. The standard InChI is InChI=1S/C14H17N3O/c15-14(18)9-17-6-5-11-7-10(1-4-13(11)17)8-16-12-2-3-12/h1,4-7,12,16H,2-3,8-9H2,(H2,15,18). The Kier molecular flexibility index (Phi) is 2.80. The van der Waals surface area contributed by atoms with Crippen LogP contribution < -0.4 is 11.1 Å². The summed E-state index contributed by atoms with van der Waals surface area (Å²) in [5, 5.41) is 4.65. The molecule has 1 saturated carbocycles. The number of amides is 1. The molecule has 4 heteroatoms. The zero-order valence-corrected chi connectivity index (χ0v) is 10.2. The molecule has 1 aliphatic rings. The van der Waals surface area contributed by atoms with E-state index in [1.807, 2.05) is 16.8 Å². The maximum Gasteiger partial charge on any atom is 0.237 e. The van der Waals surface area contributed by atoms with Gasteiger partial charge in [-0.3, -0.25) is 4.79 Å². The van der Waals surface area contributed by atoms with Crippen LogP contribution in [0.2, 0.25) is 0 Å². The maximum atomic E-state index is 11.0. The summed E-state index contributed by atoms with van der Waals surface area (Å²) in [6.45, 7) is 1.16. The third-order valence-corrected chi connectivity index (χ3v) is 3.33. The molecule has 1 aliphatic carbocycles. The highest BCUT2D eigenvalue weighted by atomic mass is 16.1. The van der Waals surface area contributed by atoms with Crippen LogP contribution in [0.25, 0.3) is 10.9 Å². The smallest absolute Gasteiger partial charge is 0.237 e. The molecule has 4 nitrogen and oxygen atoms in total. The summed E-state index contributed by atoms with van der Waals surface area (Å²) < 4.78 is 1.88. The Bertz CT molecular complexity index is 584. The average Bonchev–Trinajstić information content (AvgIpc) is 3.09. The Morgan fingerprint density at radius 1 is 1.39 bits per heavy atom. The predicted octanol–water partition coefficient (Wildman–Crippen LogP) is 1.38. The van der Waals surface area contributed by atoms with Crippen molar-refractivity contribution in [2.24, 2.45) is 5.73 Å². The van der Waals surface area contributed by atoms with E-state index in [-0.39, 0.29) is 12.5 Å². The summed E-state index contributed by atoms with van der Waals surface area (Å²) in [6, 6.07) is 9.08. The molecule has 1 heterocycles. The SMILES string of the molecule is NC(=O)Cn1ccc2cc(CNC3CC3)ccc21. The molecular formula is C14H17N3O. The highest BCUT2D eigenvalue weighted by Gasteiger charge is 2.19. The van der Waals surface area contributed by atoms with Gasteiger partial charge in [-0.25, -0.2) is 0 Å². The number of nitrogens with two attached hydrogens (primary N) is 1. The molecule has 0 atom stereocenters. The molecule has 1 amide bonds. The highest BCUT2D eigenvalue weighted by Crippen LogP contribution is 2.21. The van der Waals surface area contributed by atoms with E-state index in [4.69, 9.17) is 5.73 Å². The molecule has 0 bridgehead atoms. The van der Waals surface area contributed by atoms with Gasteiger partial charge in [0.25, 0.3) is 0 Å². The van der Waals surface area contributed by atoms with Crippen LogP contribution >= 0.6 is 0 Å². The van der Waals surface area contributed by atoms with Gasteiger partial charge in [0.1, 0.15) is 6.54 Å². The maximum absolute atomic E-state index is 11.0. The summed E-state index contributed by atoms with van der Waals surface area (Å²) in [7, 11) is 0. The van der Waals surface area contributed by atoms with Crippen molar-refractivity contribution in [3.63, 3.8) is 0 Å². The Labute approximate surface area is 106 Å². The van der Waals surface area contributed by atoms with E-state index in [2.05, 4.69) is 23.5 Å². The Morgan fingerprint density at radius 3 is 2.94 bits per heavy atom. The van der Waals surface area contributed by atoms with Gasteiger partial charge in [-0.05, 0) is 42.0 Å². The summed E-state index contributed by atoms with van der Waals surface area (Å²) in [6.07, 6.45) is 4.52. The summed E-state index contributed by atoms with van der Waals surface area (Å²) >= 11 is 0. The van der Waals surface area contributed by atoms with Crippen molar-refractivity contribution < 1.29 is 4.79 Å². The minimum absolute atomic E-state index is 0.239. The number of nitrogens with zero attached hydrogens (tertiary/aromatic N) is 1. The van der Waals surface area contributed by atoms with Gasteiger partial charge in [0.15, 0.2) is 0 Å². The van der Waals surface area contributed by atoms with Crippen molar-refractivity contribution >= 4 is 16.8 Å². The number of carbonyl (C=O) groups is 1. The zero-order chi connectivity index (χ0) is 12.5. The molecule has 1 aromatic heterocycles. The Balaban J connectivity index is 1.81. The molecule has 1 aromatic carbocycles. The molecule has 18 heavy (non-hydrogen) atoms. The van der Waals surface area contributed by atoms with E-state index in [0.717, 1.165) is 23.5 Å². The third kappa shape index (κ3) is 2.38. The third-order valence-electron chi connectivity index (χ3n) is 3.33. The van der Waals surface area contributed by atoms with Crippen LogP contribution in [0.15, 0.2) is 30.5 Å². The first-order valence-corrected chi connectivity index (χ1v) is 6.32. The van der Waals surface area contributed by atoms with Gasteiger partial charge in [0.2, 0.25) is 5.91 Å². The first kappa shape index (κ1) is 11.3. The fourth-order valence-corrected chi connectivity index (χ4v) is 2.21. The predicted molar refractivity (Wildman–Crippen MR) is 71.0 cm³/mol. The van der Waals surface area contributed by atoms with Gasteiger partial charge in [0, 0.05) is 24.3 Å². The normalized spacial score (nSPS) is 15.1. The van der Waals surface area contributed by atoms with Crippen LogP contribution in [0.5, 0.6) is 0 Å². The Hall–Kier alpha value is -1.81. The van der Waals surface area contributed by atoms with Gasteiger partial charge >= 0.3 is 0 Å². The molecule has 1 fully saturated rings. The second-order valence-corrected chi connectivity index (χ2v) is 4.96. The molecule has 94 valence electrons. The lowest BCUT2D eigenvalue weighted by molar-refractivity contribution is -0.118. The fraction of sp³-hybridized carbons (Fsp3) is 0.357. The molecule has 2 aromatic rings. The molecule has 0 saturated heterocycles. The highest BCUT2D eigenvalue weighted by molar-refractivity contribution is 5.83. The zero-order valence-electron chi connectivity index (χ0n) is 10.2. The van der Waals surface area contributed by atoms with Crippen LogP contribution in [0, 0.1) is 0 Å². The quantitative estimate of drug-likeness (QED) is 0.833. The molecule has 0 aliphatic heterocycles. The monoisotopic (exact) mass is 243 g/mol. The number of carbonyl (C=O) groups excluding carboxylic acids is 1. The largest absolute Gasteiger partial charge is 0.368 e. The van der Waals surface area contributed by atoms with Crippen LogP contribution in [-0.2, 0) is 17.9 Å². The van der Waals surface area contributed by atoms with Crippen LogP contribution in [0.1, 0.15) is 18.4 Å². The number of aromatic nitrogens is 1. The number of nitrogens with one attached hydrogen (secondary N) is 1. The lowest BCUT2D eigenvalue weighted by Crippen LogP contribution is -2.18. The second kappa shape index (κ2) is 4.46. The molecule has 3 rings (SSSR count). The first-order valence-electron chi connectivity index (χ1n) is 6.32. The Morgan fingerprint density at radius 2 is 2.22 bits per heavy atom. The topological polar surface area (TPSA) is 60.1 Å². The molecule has 0 radical (unpaired) electrons. The number of rotatable bonds is 5. The fourth-order valence-electron chi connectivity index (χ4n) is 2.21. The lowest BCUT2D eigenvalue weighted by atomic mass is 10.1. The molecule has 0 unspecified atom stereocenters. The van der Waals surface area contributed by atoms with E-state index in [0.29, 0.717) is 0 Å². The summed E-state index contributed by atoms with van der Waals surface area (Å²) in [5.41, 5.74) is 7.57. The van der Waals surface area contributed by atoms with Crippen molar-refractivity contribution in [1.29, 1.82) is 0 Å². The van der Waals surface area contributed by atoms with E-state index in [9.17, 15) is 4.79 Å². The lowest BCUT2D eigenvalue weighted by Gasteiger charge is -2.05. The summed E-state index contributed by atoms with van der Waals surface area (Å²) in [5.74, 6) is -0.313. The van der Waals surface area contributed by atoms with Crippen LogP contribution in [-0.4, -0.2) is 16.5 Å². The molecule has 0 spiro atoms. The van der Waals surface area contributed by atoms with Gasteiger partial charge in [-0.1, -0.05) is 6.07 Å². The summed E-state index contributed by atoms with van der Waals surface area (Å²) in [4.78, 5) is 11.0. The minimum Gasteiger partial charge on any atom is -0.368 e. The minimum atomic E-state index is -0.313. The molecular weight excluding hydrogens is 226 g/mol. The van der Waals surface area contributed by atoms with Crippen molar-refractivity contribution in [3.8, 4) is 0 Å². The van der Waals surface area contributed by atoms with Crippen molar-refractivity contribution in [1.82, 2.24) is 9.88 Å². The number of fused-ring (bicyclic) bond motifs is 1. The van der Waals surface area contributed by atoms with E-state index < -0.39 is 0 Å². The number of hydrogen-bond acceptors (Lipinski definition) is 2. The van der Waals surface area contributed by atoms with E-state index in [1.165, 1.54) is 18.4 Å². The second-order valence-electron chi connectivity index (χ2n) is 4.96. The van der Waals surface area contributed by atoms with Crippen LogP contribution in [0.4, 0.5) is 0 Å². The van der Waals surface area contributed by atoms with E-state index in [1.54, 1.807) is 0 Å². The van der Waals surface area contributed by atoms with Gasteiger partial charge in [-0.15, -0.1) is 0 Å². The van der Waals surface area contributed by atoms with Crippen LogP contribution in [0.3, 0.4) is 0 Å².